The first kappa shape index (κ1) is 43.3. The number of halogens is 3. The Morgan fingerprint density at radius 2 is 1.63 bits per heavy atom. The van der Waals surface area contributed by atoms with Crippen molar-refractivity contribution in [3.8, 4) is 17.0 Å². The lowest BCUT2D eigenvalue weighted by Crippen LogP contribution is -2.49. The number of carbonyl (C=O) groups excluding carboxylic acids is 4. The van der Waals surface area contributed by atoms with Gasteiger partial charge < -0.3 is 30.9 Å². The summed E-state index contributed by atoms with van der Waals surface area (Å²) >= 11 is 0. The minimum Gasteiger partial charge on any atom is -0.494 e. The van der Waals surface area contributed by atoms with Crippen LogP contribution in [0.25, 0.3) is 11.3 Å². The number of imide groups is 1. The highest BCUT2D eigenvalue weighted by molar-refractivity contribution is 7.93. The van der Waals surface area contributed by atoms with Crippen molar-refractivity contribution in [2.45, 2.75) is 63.2 Å². The summed E-state index contributed by atoms with van der Waals surface area (Å²) < 4.78 is 71.2. The van der Waals surface area contributed by atoms with E-state index in [4.69, 9.17) is 10.5 Å². The predicted molar refractivity (Wildman–Crippen MR) is 219 cm³/mol. The van der Waals surface area contributed by atoms with Gasteiger partial charge in [0.25, 0.3) is 15.9 Å². The van der Waals surface area contributed by atoms with Crippen LogP contribution in [0.2, 0.25) is 0 Å². The Kier molecular flexibility index (Phi) is 14.2. The lowest BCUT2D eigenvalue weighted by molar-refractivity contribution is -0.134. The summed E-state index contributed by atoms with van der Waals surface area (Å²) in [6.07, 6.45) is 5.32. The number of benzene rings is 3. The molecule has 4 amide bonds. The molecule has 320 valence electrons. The van der Waals surface area contributed by atoms with Crippen LogP contribution in [-0.4, -0.2) is 91.7 Å². The van der Waals surface area contributed by atoms with Crippen molar-refractivity contribution in [2.24, 2.45) is 5.73 Å². The van der Waals surface area contributed by atoms with Gasteiger partial charge in [0, 0.05) is 67.7 Å². The third kappa shape index (κ3) is 11.2. The number of aromatic nitrogens is 2. The number of hydrogen-bond donors (Lipinski definition) is 6. The molecule has 2 saturated heterocycles. The average molecular weight is 854 g/mol. The molecule has 1 atom stereocenters. The van der Waals surface area contributed by atoms with Crippen LogP contribution < -0.4 is 36.0 Å². The first-order valence-electron chi connectivity index (χ1n) is 19.5. The van der Waals surface area contributed by atoms with Crippen LogP contribution in [-0.2, 0) is 24.4 Å². The molecule has 3 heterocycles. The zero-order valence-corrected chi connectivity index (χ0v) is 33.3. The van der Waals surface area contributed by atoms with Gasteiger partial charge in [0.15, 0.2) is 5.82 Å². The minimum absolute atomic E-state index is 0.0328. The van der Waals surface area contributed by atoms with E-state index < -0.39 is 39.5 Å². The second kappa shape index (κ2) is 19.6. The number of carbonyl (C=O) groups is 4. The molecule has 3 aromatic carbocycles. The van der Waals surface area contributed by atoms with Crippen molar-refractivity contribution in [3.05, 3.63) is 78.1 Å². The molecule has 1 unspecified atom stereocenters. The number of primary amides is 1. The molecule has 7 N–H and O–H groups in total. The number of piperidine rings is 1. The number of alkyl halides is 2. The molecule has 60 heavy (non-hydrogen) atoms. The zero-order valence-electron chi connectivity index (χ0n) is 32.5. The van der Waals surface area contributed by atoms with Crippen LogP contribution >= 0.6 is 0 Å². The molecule has 0 aliphatic carbocycles. The molecule has 0 saturated carbocycles. The summed E-state index contributed by atoms with van der Waals surface area (Å²) in [7, 11) is -4.84. The molecule has 2 fully saturated rings. The summed E-state index contributed by atoms with van der Waals surface area (Å²) in [6.45, 7) is 2.46. The van der Waals surface area contributed by atoms with Gasteiger partial charge in [-0.25, -0.2) is 12.8 Å². The number of ether oxygens (including phenoxy) is 1. The van der Waals surface area contributed by atoms with E-state index in [1.165, 1.54) is 30.3 Å². The number of piperazine rings is 1. The van der Waals surface area contributed by atoms with Gasteiger partial charge in [-0.3, -0.25) is 34.3 Å². The monoisotopic (exact) mass is 853 g/mol. The summed E-state index contributed by atoms with van der Waals surface area (Å²) in [4.78, 5) is 52.5. The first-order chi connectivity index (χ1) is 28.8. The normalized spacial score (nSPS) is 15.8. The van der Waals surface area contributed by atoms with E-state index in [9.17, 15) is 36.4 Å². The SMILES string of the molecule is NC(=O)c1c(Nc2cccc(OCCCCCCCC(=O)N3CCN(c4ccc(NC5CCC(=O)NC5=O)cc4F)CC3)c2)n[nH]c1-c1ccc(NS(=O)(=O)C(F)F)cc1. The molecule has 16 nitrogen and oxygen atoms in total. The van der Waals surface area contributed by atoms with Gasteiger partial charge in [0.2, 0.25) is 17.7 Å². The van der Waals surface area contributed by atoms with Crippen LogP contribution in [0.4, 0.5) is 41.7 Å². The lowest BCUT2D eigenvalue weighted by Gasteiger charge is -2.36. The van der Waals surface area contributed by atoms with E-state index in [-0.39, 0.29) is 41.0 Å². The first-order valence-corrected chi connectivity index (χ1v) is 21.0. The number of nitrogens with zero attached hydrogens (tertiary/aromatic N) is 3. The maximum Gasteiger partial charge on any atom is 0.355 e. The molecule has 1 aromatic heterocycles. The van der Waals surface area contributed by atoms with Crippen LogP contribution in [0.5, 0.6) is 5.75 Å². The van der Waals surface area contributed by atoms with Crippen molar-refractivity contribution in [2.75, 3.05) is 53.0 Å². The number of unbranched alkanes of at least 4 members (excludes halogenated alkanes) is 4. The zero-order chi connectivity index (χ0) is 42.8. The molecular formula is C40H46F3N9O7S. The Morgan fingerprint density at radius 3 is 2.33 bits per heavy atom. The number of sulfonamides is 1. The van der Waals surface area contributed by atoms with Gasteiger partial charge in [-0.05, 0) is 61.7 Å². The van der Waals surface area contributed by atoms with E-state index >= 15 is 4.39 Å². The Labute approximate surface area is 344 Å². The lowest BCUT2D eigenvalue weighted by atomic mass is 10.1. The fraction of sp³-hybridized carbons (Fsp3) is 0.375. The highest BCUT2D eigenvalue weighted by Gasteiger charge is 2.28. The van der Waals surface area contributed by atoms with Crippen molar-refractivity contribution in [1.29, 1.82) is 0 Å². The number of anilines is 5. The van der Waals surface area contributed by atoms with Crippen molar-refractivity contribution < 1.29 is 45.5 Å². The van der Waals surface area contributed by atoms with Gasteiger partial charge in [-0.15, -0.1) is 0 Å². The van der Waals surface area contributed by atoms with Gasteiger partial charge in [-0.2, -0.15) is 13.9 Å². The maximum atomic E-state index is 15.1. The Hall–Kier alpha value is -6.31. The summed E-state index contributed by atoms with van der Waals surface area (Å²) in [5.41, 5.74) is 7.72. The molecule has 6 rings (SSSR count). The van der Waals surface area contributed by atoms with Crippen LogP contribution in [0, 0.1) is 5.82 Å². The second-order valence-electron chi connectivity index (χ2n) is 14.4. The third-order valence-corrected chi connectivity index (χ3v) is 11.1. The number of hydrogen-bond acceptors (Lipinski definition) is 11. The number of nitrogens with one attached hydrogen (secondary N) is 5. The van der Waals surface area contributed by atoms with Crippen LogP contribution in [0.3, 0.4) is 0 Å². The van der Waals surface area contributed by atoms with Gasteiger partial charge in [-0.1, -0.05) is 37.5 Å². The molecular weight excluding hydrogens is 808 g/mol. The van der Waals surface area contributed by atoms with Crippen molar-refractivity contribution >= 4 is 62.2 Å². The highest BCUT2D eigenvalue weighted by atomic mass is 32.2. The average Bonchev–Trinajstić information content (AvgIpc) is 3.64. The molecule has 0 radical (unpaired) electrons. The Morgan fingerprint density at radius 1 is 0.917 bits per heavy atom. The quantitative estimate of drug-likeness (QED) is 0.0525. The van der Waals surface area contributed by atoms with E-state index in [0.29, 0.717) is 74.0 Å². The topological polar surface area (TPSA) is 221 Å². The fourth-order valence-corrected chi connectivity index (χ4v) is 7.49. The van der Waals surface area contributed by atoms with Gasteiger partial charge in [0.05, 0.1) is 18.0 Å². The van der Waals surface area contributed by atoms with E-state index in [1.807, 2.05) is 9.80 Å². The molecule has 4 aromatic rings. The van der Waals surface area contributed by atoms with Crippen LogP contribution in [0.1, 0.15) is 61.7 Å². The predicted octanol–water partition coefficient (Wildman–Crippen LogP) is 5.31. The third-order valence-electron chi connectivity index (χ3n) is 10.1. The molecule has 20 heteroatoms. The van der Waals surface area contributed by atoms with E-state index in [2.05, 4.69) is 26.1 Å². The smallest absolute Gasteiger partial charge is 0.355 e. The molecule has 2 aliphatic heterocycles. The number of aromatic amines is 1. The van der Waals surface area contributed by atoms with E-state index in [0.717, 1.165) is 32.1 Å². The summed E-state index contributed by atoms with van der Waals surface area (Å²) in [6, 6.07) is 16.6. The van der Waals surface area contributed by atoms with Crippen LogP contribution in [0.15, 0.2) is 66.7 Å². The standard InChI is InChI=1S/C40H46F3N9O7S/c41-30-24-28(45-31-15-17-33(53)47-39(31)56)14-16-32(30)51-18-20-52(21-19-51)34(54)9-4-2-1-3-5-22-59-29-8-6-7-27(23-29)46-38-35(37(44)55)36(48-49-38)25-10-12-26(13-11-25)50-60(57,58)40(42)43/h6-8,10-14,16,23-24,31,40,45,50H,1-5,9,15,17-22H2,(H2,44,55)(H2,46,48,49)(H,47,53,56). The van der Waals surface area contributed by atoms with Crippen molar-refractivity contribution in [3.63, 3.8) is 0 Å². The second-order valence-corrected chi connectivity index (χ2v) is 16.0. The molecule has 0 spiro atoms. The maximum absolute atomic E-state index is 15.1. The van der Waals surface area contributed by atoms with Crippen molar-refractivity contribution in [1.82, 2.24) is 20.4 Å². The minimum atomic E-state index is -4.84. The highest BCUT2D eigenvalue weighted by Crippen LogP contribution is 2.31. The Balaban J connectivity index is 0.873. The molecule has 0 bridgehead atoms. The van der Waals surface area contributed by atoms with Gasteiger partial charge in [0.1, 0.15) is 23.2 Å². The Bertz CT molecular complexity index is 2290. The number of amides is 4. The molecule has 2 aliphatic rings. The summed E-state index contributed by atoms with van der Waals surface area (Å²) in [5, 5.41) is 15.3. The summed E-state index contributed by atoms with van der Waals surface area (Å²) in [5.74, 6) is -4.74. The number of nitrogens with two attached hydrogens (primary N) is 1. The number of rotatable bonds is 19. The largest absolute Gasteiger partial charge is 0.494 e. The van der Waals surface area contributed by atoms with E-state index in [1.54, 1.807) is 41.1 Å². The number of H-pyrrole nitrogens is 1. The van der Waals surface area contributed by atoms with Gasteiger partial charge >= 0.3 is 5.76 Å². The fourth-order valence-electron chi connectivity index (χ4n) is 6.93.